The molecule has 5 heteroatoms. The summed E-state index contributed by atoms with van der Waals surface area (Å²) in [5, 5.41) is 0.555. The van der Waals surface area contributed by atoms with Crippen LogP contribution in [0.5, 0.6) is 0 Å². The number of nitrogen functional groups attached to an aromatic ring is 1. The number of hydrogen-bond donors (Lipinski definition) is 1. The van der Waals surface area contributed by atoms with Gasteiger partial charge in [0.05, 0.1) is 15.6 Å². The van der Waals surface area contributed by atoms with E-state index >= 15 is 0 Å². The van der Waals surface area contributed by atoms with E-state index in [1.54, 1.807) is 18.0 Å². The molecule has 0 spiro atoms. The zero-order valence-corrected chi connectivity index (χ0v) is 13.2. The maximum Gasteiger partial charge on any atom is 0.255 e. The highest BCUT2D eigenvalue weighted by molar-refractivity contribution is 6.44. The maximum atomic E-state index is 12.4. The fourth-order valence-corrected chi connectivity index (χ4v) is 2.41. The van der Waals surface area contributed by atoms with Crippen molar-refractivity contribution in [1.29, 1.82) is 0 Å². The predicted octanol–water partition coefficient (Wildman–Crippen LogP) is 4.08. The molecular weight excluding hydrogens is 283 g/mol. The van der Waals surface area contributed by atoms with Crippen molar-refractivity contribution in [3.05, 3.63) is 27.7 Å². The topological polar surface area (TPSA) is 46.3 Å². The highest BCUT2D eigenvalue weighted by Gasteiger charge is 2.22. The second kappa shape index (κ2) is 6.49. The summed E-state index contributed by atoms with van der Waals surface area (Å²) in [4.78, 5) is 14.1. The van der Waals surface area contributed by atoms with Crippen LogP contribution in [0.15, 0.2) is 12.1 Å². The molecule has 1 atom stereocenters. The van der Waals surface area contributed by atoms with Crippen LogP contribution >= 0.6 is 23.2 Å². The summed E-state index contributed by atoms with van der Waals surface area (Å²) >= 11 is 12.0. The number of nitrogens with two attached hydrogens (primary N) is 1. The van der Waals surface area contributed by atoms with E-state index in [9.17, 15) is 4.79 Å². The summed E-state index contributed by atoms with van der Waals surface area (Å²) in [5.74, 6) is 0.359. The Hall–Kier alpha value is -0.930. The van der Waals surface area contributed by atoms with Crippen LogP contribution in [0.1, 0.15) is 37.6 Å². The van der Waals surface area contributed by atoms with Gasteiger partial charge in [0.2, 0.25) is 0 Å². The average molecular weight is 303 g/mol. The predicted molar refractivity (Wildman–Crippen MR) is 81.9 cm³/mol. The second-order valence-electron chi connectivity index (χ2n) is 5.26. The summed E-state index contributed by atoms with van der Waals surface area (Å²) in [6.07, 6.45) is 0.926. The number of halogens is 2. The normalized spacial score (nSPS) is 12.6. The van der Waals surface area contributed by atoms with Gasteiger partial charge in [-0.3, -0.25) is 4.79 Å². The van der Waals surface area contributed by atoms with Crippen LogP contribution < -0.4 is 5.73 Å². The van der Waals surface area contributed by atoms with Crippen molar-refractivity contribution in [2.24, 2.45) is 5.92 Å². The molecule has 1 aromatic rings. The molecule has 1 amide bonds. The van der Waals surface area contributed by atoms with E-state index in [2.05, 4.69) is 13.8 Å². The van der Waals surface area contributed by atoms with Crippen molar-refractivity contribution in [1.82, 2.24) is 4.90 Å². The summed E-state index contributed by atoms with van der Waals surface area (Å²) < 4.78 is 0. The molecule has 3 nitrogen and oxygen atoms in total. The van der Waals surface area contributed by atoms with Crippen LogP contribution in [0.25, 0.3) is 0 Å². The molecule has 19 heavy (non-hydrogen) atoms. The third-order valence-electron chi connectivity index (χ3n) is 3.07. The van der Waals surface area contributed by atoms with Gasteiger partial charge in [-0.05, 0) is 31.4 Å². The van der Waals surface area contributed by atoms with E-state index in [4.69, 9.17) is 28.9 Å². The van der Waals surface area contributed by atoms with Gasteiger partial charge in [-0.2, -0.15) is 0 Å². The Labute approximate surface area is 124 Å². The molecule has 0 aliphatic carbocycles. The van der Waals surface area contributed by atoms with Gasteiger partial charge in [-0.15, -0.1) is 0 Å². The number of hydrogen-bond acceptors (Lipinski definition) is 2. The molecule has 0 aliphatic rings. The first kappa shape index (κ1) is 16.1. The lowest BCUT2D eigenvalue weighted by molar-refractivity contribution is 0.0728. The maximum absolute atomic E-state index is 12.4. The van der Waals surface area contributed by atoms with Gasteiger partial charge in [-0.25, -0.2) is 0 Å². The zero-order valence-electron chi connectivity index (χ0n) is 11.7. The molecule has 0 radical (unpaired) electrons. The number of amides is 1. The van der Waals surface area contributed by atoms with E-state index < -0.39 is 0 Å². The summed E-state index contributed by atoms with van der Waals surface area (Å²) in [5.41, 5.74) is 6.49. The number of carbonyl (C=O) groups is 1. The minimum Gasteiger partial charge on any atom is -0.399 e. The van der Waals surface area contributed by atoms with Crippen LogP contribution in [0, 0.1) is 5.92 Å². The van der Waals surface area contributed by atoms with Gasteiger partial charge in [0, 0.05) is 18.8 Å². The minimum atomic E-state index is -0.160. The van der Waals surface area contributed by atoms with E-state index in [1.165, 1.54) is 6.07 Å². The third kappa shape index (κ3) is 4.02. The first-order valence-electron chi connectivity index (χ1n) is 6.25. The molecule has 0 saturated heterocycles. The summed E-state index contributed by atoms with van der Waals surface area (Å²) in [6.45, 7) is 6.26. The third-order valence-corrected chi connectivity index (χ3v) is 3.88. The fourth-order valence-electron chi connectivity index (χ4n) is 2.00. The second-order valence-corrected chi connectivity index (χ2v) is 6.04. The lowest BCUT2D eigenvalue weighted by Crippen LogP contribution is -2.36. The van der Waals surface area contributed by atoms with Gasteiger partial charge >= 0.3 is 0 Å². The average Bonchev–Trinajstić information content (AvgIpc) is 2.31. The van der Waals surface area contributed by atoms with Gasteiger partial charge in [0.15, 0.2) is 0 Å². The quantitative estimate of drug-likeness (QED) is 0.852. The minimum absolute atomic E-state index is 0.128. The van der Waals surface area contributed by atoms with Crippen molar-refractivity contribution < 1.29 is 4.79 Å². The molecular formula is C14H20Cl2N2O. The zero-order chi connectivity index (χ0) is 14.7. The van der Waals surface area contributed by atoms with Crippen molar-refractivity contribution in [2.45, 2.75) is 33.2 Å². The van der Waals surface area contributed by atoms with Crippen LogP contribution in [0.3, 0.4) is 0 Å². The summed E-state index contributed by atoms with van der Waals surface area (Å²) in [7, 11) is 1.77. The molecule has 1 unspecified atom stereocenters. The molecule has 106 valence electrons. The largest absolute Gasteiger partial charge is 0.399 e. The Kier molecular flexibility index (Phi) is 5.50. The Bertz CT molecular complexity index is 475. The number of nitrogens with zero attached hydrogens (tertiary/aromatic N) is 1. The van der Waals surface area contributed by atoms with Gasteiger partial charge in [-0.1, -0.05) is 37.0 Å². The standard InChI is InChI=1S/C14H20Cl2N2O/c1-8(2)5-9(3)18(4)14(19)11-6-10(17)7-12(15)13(11)16/h6-9H,5,17H2,1-4H3. The molecule has 2 N–H and O–H groups in total. The Balaban J connectivity index is 3.00. The number of rotatable bonds is 4. The molecule has 0 fully saturated rings. The molecule has 1 rings (SSSR count). The van der Waals surface area contributed by atoms with Gasteiger partial charge in [0.1, 0.15) is 0 Å². The molecule has 0 heterocycles. The molecule has 0 aromatic heterocycles. The fraction of sp³-hybridized carbons (Fsp3) is 0.500. The van der Waals surface area contributed by atoms with E-state index in [0.29, 0.717) is 22.2 Å². The van der Waals surface area contributed by atoms with E-state index in [0.717, 1.165) is 6.42 Å². The van der Waals surface area contributed by atoms with Crippen LogP contribution in [0.4, 0.5) is 5.69 Å². The van der Waals surface area contributed by atoms with Crippen molar-refractivity contribution in [2.75, 3.05) is 12.8 Å². The SMILES string of the molecule is CC(C)CC(C)N(C)C(=O)c1cc(N)cc(Cl)c1Cl. The van der Waals surface area contributed by atoms with E-state index in [-0.39, 0.29) is 17.0 Å². The highest BCUT2D eigenvalue weighted by Crippen LogP contribution is 2.30. The van der Waals surface area contributed by atoms with Gasteiger partial charge < -0.3 is 10.6 Å². The first-order chi connectivity index (χ1) is 8.73. The summed E-state index contributed by atoms with van der Waals surface area (Å²) in [6, 6.07) is 3.23. The Morgan fingerprint density at radius 3 is 2.42 bits per heavy atom. The highest BCUT2D eigenvalue weighted by atomic mass is 35.5. The lowest BCUT2D eigenvalue weighted by Gasteiger charge is -2.27. The Morgan fingerprint density at radius 2 is 1.89 bits per heavy atom. The first-order valence-corrected chi connectivity index (χ1v) is 7.01. The molecule has 0 aliphatic heterocycles. The van der Waals surface area contributed by atoms with E-state index in [1.807, 2.05) is 6.92 Å². The van der Waals surface area contributed by atoms with Crippen molar-refractivity contribution in [3.63, 3.8) is 0 Å². The number of anilines is 1. The van der Waals surface area contributed by atoms with Gasteiger partial charge in [0.25, 0.3) is 5.91 Å². The van der Waals surface area contributed by atoms with Crippen LogP contribution in [-0.2, 0) is 0 Å². The monoisotopic (exact) mass is 302 g/mol. The van der Waals surface area contributed by atoms with Crippen molar-refractivity contribution >= 4 is 34.8 Å². The molecule has 1 aromatic carbocycles. The molecule has 0 saturated carbocycles. The number of benzene rings is 1. The number of carbonyl (C=O) groups excluding carboxylic acids is 1. The molecule has 0 bridgehead atoms. The van der Waals surface area contributed by atoms with Crippen molar-refractivity contribution in [3.8, 4) is 0 Å². The Morgan fingerprint density at radius 1 is 1.32 bits per heavy atom. The van der Waals surface area contributed by atoms with Crippen LogP contribution in [-0.4, -0.2) is 23.9 Å². The lowest BCUT2D eigenvalue weighted by atomic mass is 10.0. The smallest absolute Gasteiger partial charge is 0.255 e. The van der Waals surface area contributed by atoms with Crippen LogP contribution in [0.2, 0.25) is 10.0 Å².